The van der Waals surface area contributed by atoms with E-state index in [0.717, 1.165) is 24.2 Å². The van der Waals surface area contributed by atoms with Crippen molar-refractivity contribution in [2.45, 2.75) is 39.0 Å². The van der Waals surface area contributed by atoms with Crippen molar-refractivity contribution in [2.75, 3.05) is 0 Å². The molecule has 6 nitrogen and oxygen atoms in total. The van der Waals surface area contributed by atoms with Crippen LogP contribution in [0.2, 0.25) is 0 Å². The summed E-state index contributed by atoms with van der Waals surface area (Å²) in [5.41, 5.74) is 8.23. The highest BCUT2D eigenvalue weighted by Crippen LogP contribution is 2.28. The maximum absolute atomic E-state index is 12.4. The number of nitrogens with one attached hydrogen (secondary N) is 2. The average Bonchev–Trinajstić information content (AvgIpc) is 3.23. The predicted molar refractivity (Wildman–Crippen MR) is 109 cm³/mol. The van der Waals surface area contributed by atoms with Gasteiger partial charge in [0, 0.05) is 10.6 Å². The summed E-state index contributed by atoms with van der Waals surface area (Å²) in [6.07, 6.45) is 5.66. The number of hydrogen-bond donors (Lipinski definition) is 2. The number of hydrazine groups is 1. The first-order valence-corrected chi connectivity index (χ1v) is 10.3. The van der Waals surface area contributed by atoms with Gasteiger partial charge >= 0.3 is 0 Å². The monoisotopic (exact) mass is 394 g/mol. The summed E-state index contributed by atoms with van der Waals surface area (Å²) in [7, 11) is 0. The second kappa shape index (κ2) is 7.98. The molecule has 0 bridgehead atoms. The van der Waals surface area contributed by atoms with Gasteiger partial charge in [0.1, 0.15) is 0 Å². The Balaban J connectivity index is 1.41. The van der Waals surface area contributed by atoms with Gasteiger partial charge in [0.05, 0.1) is 10.6 Å². The highest BCUT2D eigenvalue weighted by Gasteiger charge is 2.18. The van der Waals surface area contributed by atoms with Crippen LogP contribution in [-0.2, 0) is 12.8 Å². The van der Waals surface area contributed by atoms with Gasteiger partial charge in [-0.3, -0.25) is 20.4 Å². The molecule has 7 heteroatoms. The first-order valence-electron chi connectivity index (χ1n) is 9.46. The van der Waals surface area contributed by atoms with Gasteiger partial charge in [0.15, 0.2) is 5.69 Å². The molecule has 0 spiro atoms. The third kappa shape index (κ3) is 3.84. The zero-order chi connectivity index (χ0) is 19.5. The van der Waals surface area contributed by atoms with Crippen LogP contribution in [0, 0.1) is 6.92 Å². The fraction of sp³-hybridized carbons (Fsp3) is 0.286. The van der Waals surface area contributed by atoms with E-state index in [0.29, 0.717) is 4.88 Å². The van der Waals surface area contributed by atoms with Crippen LogP contribution in [0.4, 0.5) is 0 Å². The average molecular weight is 395 g/mol. The first-order chi connectivity index (χ1) is 13.6. The third-order valence-corrected chi connectivity index (χ3v) is 6.12. The highest BCUT2D eigenvalue weighted by molar-refractivity contribution is 7.14. The van der Waals surface area contributed by atoms with E-state index in [2.05, 4.69) is 16.0 Å². The molecule has 2 N–H and O–H groups in total. The molecule has 3 aromatic rings. The third-order valence-electron chi connectivity index (χ3n) is 4.88. The Morgan fingerprint density at radius 2 is 1.75 bits per heavy atom. The van der Waals surface area contributed by atoms with E-state index >= 15 is 0 Å². The van der Waals surface area contributed by atoms with Crippen molar-refractivity contribution in [3.05, 3.63) is 69.2 Å². The summed E-state index contributed by atoms with van der Waals surface area (Å²) in [6, 6.07) is 13.3. The van der Waals surface area contributed by atoms with Crippen LogP contribution >= 0.6 is 11.3 Å². The Labute approximate surface area is 167 Å². The molecule has 1 aliphatic carbocycles. The Bertz CT molecular complexity index is 983. The summed E-state index contributed by atoms with van der Waals surface area (Å²) >= 11 is 1.53. The zero-order valence-corrected chi connectivity index (χ0v) is 16.5. The summed E-state index contributed by atoms with van der Waals surface area (Å²) < 4.78 is 1.70. The van der Waals surface area contributed by atoms with Gasteiger partial charge in [0.25, 0.3) is 11.8 Å². The molecule has 144 valence electrons. The van der Waals surface area contributed by atoms with Crippen molar-refractivity contribution < 1.29 is 9.59 Å². The number of amides is 2. The van der Waals surface area contributed by atoms with Crippen LogP contribution in [0.15, 0.2) is 42.5 Å². The van der Waals surface area contributed by atoms with E-state index < -0.39 is 5.91 Å². The van der Waals surface area contributed by atoms with Crippen LogP contribution in [0.3, 0.4) is 0 Å². The summed E-state index contributed by atoms with van der Waals surface area (Å²) in [5.74, 6) is -0.727. The normalized spacial score (nSPS) is 13.5. The lowest BCUT2D eigenvalue weighted by Crippen LogP contribution is -2.41. The van der Waals surface area contributed by atoms with E-state index in [1.807, 2.05) is 43.3 Å². The second-order valence-electron chi connectivity index (χ2n) is 6.95. The SMILES string of the molecule is Cc1cc(C(=O)NNC(=O)c2cc3c(s2)CCCCC3)nn1-c1ccccc1. The van der Waals surface area contributed by atoms with Crippen molar-refractivity contribution >= 4 is 23.2 Å². The zero-order valence-electron chi connectivity index (χ0n) is 15.7. The van der Waals surface area contributed by atoms with E-state index in [4.69, 9.17) is 0 Å². The Hall–Kier alpha value is -2.93. The number of thiophene rings is 1. The predicted octanol–water partition coefficient (Wildman–Crippen LogP) is 3.59. The van der Waals surface area contributed by atoms with Crippen molar-refractivity contribution in [3.8, 4) is 5.69 Å². The van der Waals surface area contributed by atoms with Gasteiger partial charge in [-0.15, -0.1) is 11.3 Å². The fourth-order valence-corrected chi connectivity index (χ4v) is 4.58. The maximum Gasteiger partial charge on any atom is 0.290 e. The molecule has 0 fully saturated rings. The molecule has 1 aromatic carbocycles. The molecular formula is C21H22N4O2S. The smallest absolute Gasteiger partial charge is 0.266 e. The molecule has 0 radical (unpaired) electrons. The molecular weight excluding hydrogens is 372 g/mol. The molecule has 2 aromatic heterocycles. The minimum Gasteiger partial charge on any atom is -0.266 e. The van der Waals surface area contributed by atoms with E-state index in [9.17, 15) is 9.59 Å². The lowest BCUT2D eigenvalue weighted by Gasteiger charge is -2.05. The number of rotatable bonds is 3. The Kier molecular flexibility index (Phi) is 5.25. The van der Waals surface area contributed by atoms with E-state index in [-0.39, 0.29) is 11.6 Å². The van der Waals surface area contributed by atoms with E-state index in [1.54, 1.807) is 10.7 Å². The van der Waals surface area contributed by atoms with Crippen molar-refractivity contribution in [2.24, 2.45) is 0 Å². The lowest BCUT2D eigenvalue weighted by atomic mass is 10.1. The highest BCUT2D eigenvalue weighted by atomic mass is 32.1. The molecule has 0 saturated heterocycles. The molecule has 1 aliphatic rings. The number of fused-ring (bicyclic) bond motifs is 1. The molecule has 28 heavy (non-hydrogen) atoms. The Morgan fingerprint density at radius 3 is 2.57 bits per heavy atom. The van der Waals surface area contributed by atoms with Gasteiger partial charge in [-0.2, -0.15) is 5.10 Å². The molecule has 0 atom stereocenters. The first kappa shape index (κ1) is 18.4. The van der Waals surface area contributed by atoms with Gasteiger partial charge < -0.3 is 0 Å². The number of nitrogens with zero attached hydrogens (tertiary/aromatic N) is 2. The number of para-hydroxylation sites is 1. The molecule has 0 aliphatic heterocycles. The molecule has 2 amide bonds. The van der Waals surface area contributed by atoms with Crippen molar-refractivity contribution in [1.82, 2.24) is 20.6 Å². The van der Waals surface area contributed by atoms with Gasteiger partial charge in [-0.25, -0.2) is 4.68 Å². The van der Waals surface area contributed by atoms with Gasteiger partial charge in [-0.1, -0.05) is 24.6 Å². The number of benzene rings is 1. The van der Waals surface area contributed by atoms with Crippen LogP contribution in [0.5, 0.6) is 0 Å². The number of aryl methyl sites for hydroxylation is 3. The molecule has 4 rings (SSSR count). The minimum atomic E-state index is -0.441. The van der Waals surface area contributed by atoms with Crippen LogP contribution in [0.25, 0.3) is 5.69 Å². The number of carbonyl (C=O) groups excluding carboxylic acids is 2. The quantitative estimate of drug-likeness (QED) is 0.527. The fourth-order valence-electron chi connectivity index (χ4n) is 3.43. The lowest BCUT2D eigenvalue weighted by molar-refractivity contribution is 0.0846. The van der Waals surface area contributed by atoms with Gasteiger partial charge in [-0.05, 0) is 62.4 Å². The molecule has 0 unspecified atom stereocenters. The molecule has 2 heterocycles. The Morgan fingerprint density at radius 1 is 1.00 bits per heavy atom. The van der Waals surface area contributed by atoms with E-state index in [1.165, 1.54) is 41.0 Å². The largest absolute Gasteiger partial charge is 0.290 e. The van der Waals surface area contributed by atoms with Crippen LogP contribution in [-0.4, -0.2) is 21.6 Å². The number of hydrogen-bond acceptors (Lipinski definition) is 4. The van der Waals surface area contributed by atoms with Gasteiger partial charge in [0.2, 0.25) is 0 Å². The maximum atomic E-state index is 12.4. The van der Waals surface area contributed by atoms with Crippen molar-refractivity contribution in [3.63, 3.8) is 0 Å². The standard InChI is InChI=1S/C21H22N4O2S/c1-14-12-17(24-25(14)16-9-5-3-6-10-16)20(26)22-23-21(27)19-13-15-8-4-2-7-11-18(15)28-19/h3,5-6,9-10,12-13H,2,4,7-8,11H2,1H3,(H,22,26)(H,23,27). The number of aromatic nitrogens is 2. The van der Waals surface area contributed by atoms with Crippen LogP contribution in [0.1, 0.15) is 55.6 Å². The van der Waals surface area contributed by atoms with Crippen LogP contribution < -0.4 is 10.9 Å². The summed E-state index contributed by atoms with van der Waals surface area (Å²) in [6.45, 7) is 1.88. The topological polar surface area (TPSA) is 76.0 Å². The minimum absolute atomic E-state index is 0.253. The number of carbonyl (C=O) groups is 2. The summed E-state index contributed by atoms with van der Waals surface area (Å²) in [5, 5.41) is 4.35. The summed E-state index contributed by atoms with van der Waals surface area (Å²) in [4.78, 5) is 26.8. The molecule has 0 saturated carbocycles. The second-order valence-corrected chi connectivity index (χ2v) is 8.08. The van der Waals surface area contributed by atoms with Crippen molar-refractivity contribution in [1.29, 1.82) is 0 Å².